The fourth-order valence-electron chi connectivity index (χ4n) is 1.19. The Morgan fingerprint density at radius 2 is 1.89 bits per heavy atom. The number of sulfonamides is 1. The predicted octanol–water partition coefficient (Wildman–Crippen LogP) is 3.93. The SMILES string of the molecule is CCC(C)(C)CNS(=O)(=O)c1ccc(Br)cc1Br. The van der Waals surface area contributed by atoms with Crippen molar-refractivity contribution in [2.45, 2.75) is 32.1 Å². The van der Waals surface area contributed by atoms with Crippen molar-refractivity contribution in [1.82, 2.24) is 4.72 Å². The topological polar surface area (TPSA) is 46.2 Å². The van der Waals surface area contributed by atoms with Crippen LogP contribution in [0.15, 0.2) is 32.0 Å². The monoisotopic (exact) mass is 397 g/mol. The van der Waals surface area contributed by atoms with Gasteiger partial charge in [-0.05, 0) is 46.0 Å². The van der Waals surface area contributed by atoms with Gasteiger partial charge < -0.3 is 0 Å². The standard InChI is InChI=1S/C12H17Br2NO2S/c1-4-12(2,3)8-15-18(16,17)11-6-5-9(13)7-10(11)14/h5-7,15H,4,8H2,1-3H3. The smallest absolute Gasteiger partial charge is 0.211 e. The van der Waals surface area contributed by atoms with Crippen LogP contribution in [0.4, 0.5) is 0 Å². The zero-order chi connectivity index (χ0) is 14.0. The quantitative estimate of drug-likeness (QED) is 0.816. The number of rotatable bonds is 5. The van der Waals surface area contributed by atoms with E-state index >= 15 is 0 Å². The van der Waals surface area contributed by atoms with Gasteiger partial charge in [0, 0.05) is 15.5 Å². The molecule has 102 valence electrons. The molecule has 0 aliphatic carbocycles. The summed E-state index contributed by atoms with van der Waals surface area (Å²) >= 11 is 6.57. The fourth-order valence-corrected chi connectivity index (χ4v) is 4.17. The van der Waals surface area contributed by atoms with Crippen molar-refractivity contribution in [1.29, 1.82) is 0 Å². The van der Waals surface area contributed by atoms with Gasteiger partial charge in [0.05, 0.1) is 4.90 Å². The van der Waals surface area contributed by atoms with Crippen LogP contribution in [0.5, 0.6) is 0 Å². The second kappa shape index (κ2) is 6.03. The Labute approximate surface area is 126 Å². The van der Waals surface area contributed by atoms with Gasteiger partial charge in [0.2, 0.25) is 10.0 Å². The van der Waals surface area contributed by atoms with Crippen molar-refractivity contribution in [2.24, 2.45) is 5.41 Å². The maximum absolute atomic E-state index is 12.2. The third-order valence-electron chi connectivity index (χ3n) is 2.88. The van der Waals surface area contributed by atoms with Crippen LogP contribution in [0.1, 0.15) is 27.2 Å². The van der Waals surface area contributed by atoms with E-state index in [1.807, 2.05) is 20.8 Å². The number of halogens is 2. The van der Waals surface area contributed by atoms with Crippen LogP contribution >= 0.6 is 31.9 Å². The summed E-state index contributed by atoms with van der Waals surface area (Å²) in [7, 11) is -3.47. The van der Waals surface area contributed by atoms with E-state index in [1.165, 1.54) is 0 Å². The van der Waals surface area contributed by atoms with Gasteiger partial charge in [0.1, 0.15) is 0 Å². The molecule has 0 saturated heterocycles. The summed E-state index contributed by atoms with van der Waals surface area (Å²) in [6, 6.07) is 5.01. The molecule has 6 heteroatoms. The Bertz CT molecular complexity index is 527. The van der Waals surface area contributed by atoms with E-state index in [-0.39, 0.29) is 10.3 Å². The Morgan fingerprint density at radius 3 is 2.39 bits per heavy atom. The zero-order valence-corrected chi connectivity index (χ0v) is 14.6. The van der Waals surface area contributed by atoms with Crippen molar-refractivity contribution in [3.05, 3.63) is 27.1 Å². The average Bonchev–Trinajstić information content (AvgIpc) is 2.26. The van der Waals surface area contributed by atoms with Gasteiger partial charge in [0.15, 0.2) is 0 Å². The zero-order valence-electron chi connectivity index (χ0n) is 10.6. The van der Waals surface area contributed by atoms with Crippen molar-refractivity contribution in [2.75, 3.05) is 6.54 Å². The second-order valence-electron chi connectivity index (χ2n) is 4.92. The second-order valence-corrected chi connectivity index (χ2v) is 8.42. The number of hydrogen-bond acceptors (Lipinski definition) is 2. The molecule has 0 bridgehead atoms. The fraction of sp³-hybridized carbons (Fsp3) is 0.500. The molecule has 0 aromatic heterocycles. The summed E-state index contributed by atoms with van der Waals surface area (Å²) in [6.45, 7) is 6.54. The molecule has 3 nitrogen and oxygen atoms in total. The lowest BCUT2D eigenvalue weighted by Crippen LogP contribution is -2.33. The van der Waals surface area contributed by atoms with E-state index in [0.29, 0.717) is 11.0 Å². The molecule has 0 atom stereocenters. The van der Waals surface area contributed by atoms with E-state index in [4.69, 9.17) is 0 Å². The summed E-state index contributed by atoms with van der Waals surface area (Å²) in [5.41, 5.74) is -0.0467. The molecule has 0 fully saturated rings. The largest absolute Gasteiger partial charge is 0.241 e. The summed E-state index contributed by atoms with van der Waals surface area (Å²) in [5.74, 6) is 0. The molecule has 0 aliphatic heterocycles. The maximum Gasteiger partial charge on any atom is 0.241 e. The van der Waals surface area contributed by atoms with E-state index in [0.717, 1.165) is 10.9 Å². The highest BCUT2D eigenvalue weighted by molar-refractivity contribution is 9.11. The van der Waals surface area contributed by atoms with Gasteiger partial charge in [-0.1, -0.05) is 36.7 Å². The van der Waals surface area contributed by atoms with Crippen LogP contribution in [0.25, 0.3) is 0 Å². The third-order valence-corrected chi connectivity index (χ3v) is 5.75. The Kier molecular flexibility index (Phi) is 5.41. The Hall–Kier alpha value is 0.0900. The third kappa shape index (κ3) is 4.33. The van der Waals surface area contributed by atoms with Gasteiger partial charge in [-0.25, -0.2) is 13.1 Å². The van der Waals surface area contributed by atoms with Crippen molar-refractivity contribution in [3.8, 4) is 0 Å². The molecule has 0 unspecified atom stereocenters. The first-order valence-electron chi connectivity index (χ1n) is 5.63. The average molecular weight is 399 g/mol. The molecular formula is C12H17Br2NO2S. The van der Waals surface area contributed by atoms with Gasteiger partial charge in [-0.3, -0.25) is 0 Å². The molecule has 0 saturated carbocycles. The van der Waals surface area contributed by atoms with Gasteiger partial charge in [-0.2, -0.15) is 0 Å². The molecule has 0 radical (unpaired) electrons. The van der Waals surface area contributed by atoms with Gasteiger partial charge in [-0.15, -0.1) is 0 Å². The van der Waals surface area contributed by atoms with Crippen molar-refractivity contribution < 1.29 is 8.42 Å². The van der Waals surface area contributed by atoms with E-state index in [9.17, 15) is 8.42 Å². The molecule has 0 amide bonds. The van der Waals surface area contributed by atoms with E-state index in [2.05, 4.69) is 36.6 Å². The first-order chi connectivity index (χ1) is 8.18. The first-order valence-corrected chi connectivity index (χ1v) is 8.69. The van der Waals surface area contributed by atoms with Crippen LogP contribution in [-0.4, -0.2) is 15.0 Å². The summed E-state index contributed by atoms with van der Waals surface area (Å²) < 4.78 is 28.4. The molecule has 1 rings (SSSR count). The lowest BCUT2D eigenvalue weighted by molar-refractivity contribution is 0.350. The lowest BCUT2D eigenvalue weighted by atomic mass is 9.91. The van der Waals surface area contributed by atoms with Crippen LogP contribution in [0.2, 0.25) is 0 Å². The highest BCUT2D eigenvalue weighted by Gasteiger charge is 2.22. The molecule has 1 aromatic rings. The predicted molar refractivity (Wildman–Crippen MR) is 81.1 cm³/mol. The Balaban J connectivity index is 2.94. The van der Waals surface area contributed by atoms with E-state index in [1.54, 1.807) is 18.2 Å². The van der Waals surface area contributed by atoms with Gasteiger partial charge in [0.25, 0.3) is 0 Å². The minimum atomic E-state index is -3.47. The van der Waals surface area contributed by atoms with Crippen molar-refractivity contribution >= 4 is 41.9 Å². The number of nitrogens with one attached hydrogen (secondary N) is 1. The highest BCUT2D eigenvalue weighted by Crippen LogP contribution is 2.26. The number of hydrogen-bond donors (Lipinski definition) is 1. The molecular weight excluding hydrogens is 382 g/mol. The van der Waals surface area contributed by atoms with Crippen LogP contribution < -0.4 is 4.72 Å². The maximum atomic E-state index is 12.2. The molecule has 18 heavy (non-hydrogen) atoms. The molecule has 0 aliphatic rings. The van der Waals surface area contributed by atoms with Crippen LogP contribution in [0, 0.1) is 5.41 Å². The molecule has 0 heterocycles. The summed E-state index contributed by atoms with van der Waals surface area (Å²) in [6.07, 6.45) is 0.914. The number of benzene rings is 1. The Morgan fingerprint density at radius 1 is 1.28 bits per heavy atom. The molecule has 1 N–H and O–H groups in total. The highest BCUT2D eigenvalue weighted by atomic mass is 79.9. The summed E-state index contributed by atoms with van der Waals surface area (Å²) in [5, 5.41) is 0. The van der Waals surface area contributed by atoms with Gasteiger partial charge >= 0.3 is 0 Å². The van der Waals surface area contributed by atoms with E-state index < -0.39 is 10.0 Å². The van der Waals surface area contributed by atoms with Crippen LogP contribution in [0.3, 0.4) is 0 Å². The molecule has 1 aromatic carbocycles. The summed E-state index contributed by atoms with van der Waals surface area (Å²) in [4.78, 5) is 0.262. The molecule has 0 spiro atoms. The van der Waals surface area contributed by atoms with Crippen molar-refractivity contribution in [3.63, 3.8) is 0 Å². The van der Waals surface area contributed by atoms with Crippen LogP contribution in [-0.2, 0) is 10.0 Å². The normalized spacial score (nSPS) is 12.7. The minimum Gasteiger partial charge on any atom is -0.211 e. The minimum absolute atomic E-state index is 0.0467. The lowest BCUT2D eigenvalue weighted by Gasteiger charge is -2.23. The first kappa shape index (κ1) is 16.1.